The fourth-order valence-corrected chi connectivity index (χ4v) is 0.941. The number of carbonyl (C=O) groups is 1. The Kier molecular flexibility index (Phi) is 2.88. The van der Waals surface area contributed by atoms with Gasteiger partial charge >= 0.3 is 0 Å². The van der Waals surface area contributed by atoms with E-state index >= 15 is 0 Å². The van der Waals surface area contributed by atoms with Gasteiger partial charge in [-0.3, -0.25) is 9.80 Å². The summed E-state index contributed by atoms with van der Waals surface area (Å²) in [5.74, 6) is 5.20. The zero-order valence-electron chi connectivity index (χ0n) is 7.08. The van der Waals surface area contributed by atoms with Crippen molar-refractivity contribution in [1.82, 2.24) is 9.99 Å². The van der Waals surface area contributed by atoms with E-state index in [1.165, 1.54) is 0 Å². The maximum absolute atomic E-state index is 11.0. The second-order valence-corrected chi connectivity index (χ2v) is 2.70. The number of amides is 1. The van der Waals surface area contributed by atoms with E-state index in [-0.39, 0.29) is 5.91 Å². The summed E-state index contributed by atoms with van der Waals surface area (Å²) >= 11 is 0. The van der Waals surface area contributed by atoms with Gasteiger partial charge < -0.3 is 4.98 Å². The average Bonchev–Trinajstić information content (AvgIpc) is 2.51. The van der Waals surface area contributed by atoms with Crippen LogP contribution in [0.25, 0.3) is 0 Å². The lowest BCUT2D eigenvalue weighted by Gasteiger charge is -2.08. The zero-order chi connectivity index (χ0) is 8.97. The molecular formula is C8H13N3O. The molecule has 0 aliphatic heterocycles. The molecule has 0 bridgehead atoms. The molecule has 0 fully saturated rings. The predicted octanol–water partition coefficient (Wildman–Crippen LogP) is 0.279. The molecule has 0 unspecified atom stereocenters. The standard InChI is InChI=1S/C8H13N3O/c1-11(9)8(12)5-4-7-3-2-6-10-7/h2-3,6,10H,4-5,9H2,1H3. The van der Waals surface area contributed by atoms with Gasteiger partial charge in [-0.25, -0.2) is 5.84 Å². The molecule has 0 aliphatic carbocycles. The van der Waals surface area contributed by atoms with Crippen LogP contribution in [0.5, 0.6) is 0 Å². The Balaban J connectivity index is 2.32. The summed E-state index contributed by atoms with van der Waals surface area (Å²) in [6, 6.07) is 3.86. The monoisotopic (exact) mass is 167 g/mol. The van der Waals surface area contributed by atoms with Gasteiger partial charge in [-0.1, -0.05) is 0 Å². The summed E-state index contributed by atoms with van der Waals surface area (Å²) in [6.07, 6.45) is 3.01. The lowest BCUT2D eigenvalue weighted by molar-refractivity contribution is -0.130. The van der Waals surface area contributed by atoms with Crippen molar-refractivity contribution < 1.29 is 4.79 Å². The van der Waals surface area contributed by atoms with E-state index in [2.05, 4.69) is 4.98 Å². The van der Waals surface area contributed by atoms with E-state index in [4.69, 9.17) is 5.84 Å². The number of aromatic nitrogens is 1. The van der Waals surface area contributed by atoms with Gasteiger partial charge in [-0.15, -0.1) is 0 Å². The van der Waals surface area contributed by atoms with Crippen LogP contribution in [0.1, 0.15) is 12.1 Å². The molecule has 1 amide bonds. The second-order valence-electron chi connectivity index (χ2n) is 2.70. The third-order valence-corrected chi connectivity index (χ3v) is 1.66. The number of rotatable bonds is 3. The van der Waals surface area contributed by atoms with Gasteiger partial charge in [0.05, 0.1) is 0 Å². The van der Waals surface area contributed by atoms with Gasteiger partial charge in [-0.05, 0) is 18.6 Å². The summed E-state index contributed by atoms with van der Waals surface area (Å²) in [5, 5.41) is 1.11. The van der Waals surface area contributed by atoms with Crippen LogP contribution in [0.2, 0.25) is 0 Å². The number of nitrogens with one attached hydrogen (secondary N) is 1. The number of nitrogens with zero attached hydrogens (tertiary/aromatic N) is 1. The maximum Gasteiger partial charge on any atom is 0.236 e. The van der Waals surface area contributed by atoms with Crippen LogP contribution >= 0.6 is 0 Å². The molecule has 4 heteroatoms. The summed E-state index contributed by atoms with van der Waals surface area (Å²) in [7, 11) is 1.55. The smallest absolute Gasteiger partial charge is 0.236 e. The molecule has 1 heterocycles. The van der Waals surface area contributed by atoms with Crippen LogP contribution in [0, 0.1) is 0 Å². The number of hydrogen-bond acceptors (Lipinski definition) is 2. The van der Waals surface area contributed by atoms with E-state index in [9.17, 15) is 4.79 Å². The number of nitrogens with two attached hydrogens (primary N) is 1. The topological polar surface area (TPSA) is 62.1 Å². The van der Waals surface area contributed by atoms with E-state index in [0.717, 1.165) is 10.7 Å². The first-order valence-corrected chi connectivity index (χ1v) is 3.83. The highest BCUT2D eigenvalue weighted by atomic mass is 16.2. The number of hydrogen-bond donors (Lipinski definition) is 2. The Morgan fingerprint density at radius 3 is 3.00 bits per heavy atom. The fourth-order valence-electron chi connectivity index (χ4n) is 0.941. The Labute approximate surface area is 71.3 Å². The van der Waals surface area contributed by atoms with Gasteiger partial charge in [0, 0.05) is 25.4 Å². The van der Waals surface area contributed by atoms with Crippen LogP contribution in [0.15, 0.2) is 18.3 Å². The third-order valence-electron chi connectivity index (χ3n) is 1.66. The van der Waals surface area contributed by atoms with Crippen molar-refractivity contribution in [2.24, 2.45) is 5.84 Å². The number of aryl methyl sites for hydroxylation is 1. The minimum Gasteiger partial charge on any atom is -0.365 e. The van der Waals surface area contributed by atoms with Crippen molar-refractivity contribution in [3.63, 3.8) is 0 Å². The Morgan fingerprint density at radius 1 is 1.75 bits per heavy atom. The predicted molar refractivity (Wildman–Crippen MR) is 46.1 cm³/mol. The average molecular weight is 167 g/mol. The first-order valence-electron chi connectivity index (χ1n) is 3.83. The Bertz CT molecular complexity index is 241. The molecule has 0 spiro atoms. The van der Waals surface area contributed by atoms with Gasteiger partial charge in [0.1, 0.15) is 0 Å². The summed E-state index contributed by atoms with van der Waals surface area (Å²) in [5.41, 5.74) is 1.06. The van der Waals surface area contributed by atoms with E-state index in [1.54, 1.807) is 7.05 Å². The maximum atomic E-state index is 11.0. The SMILES string of the molecule is CN(N)C(=O)CCc1ccc[nH]1. The van der Waals surface area contributed by atoms with Crippen LogP contribution in [-0.2, 0) is 11.2 Å². The van der Waals surface area contributed by atoms with Crippen LogP contribution in [-0.4, -0.2) is 22.9 Å². The first-order chi connectivity index (χ1) is 5.70. The van der Waals surface area contributed by atoms with Crippen molar-refractivity contribution in [2.75, 3.05) is 7.05 Å². The molecule has 0 radical (unpaired) electrons. The normalized spacial score (nSPS) is 9.83. The molecule has 0 aromatic carbocycles. The van der Waals surface area contributed by atoms with Crippen molar-refractivity contribution in [3.05, 3.63) is 24.0 Å². The van der Waals surface area contributed by atoms with Gasteiger partial charge in [-0.2, -0.15) is 0 Å². The lowest BCUT2D eigenvalue weighted by Crippen LogP contribution is -2.33. The van der Waals surface area contributed by atoms with E-state index in [0.29, 0.717) is 12.8 Å². The minimum absolute atomic E-state index is 0.0513. The van der Waals surface area contributed by atoms with Crippen molar-refractivity contribution in [1.29, 1.82) is 0 Å². The third kappa shape index (κ3) is 2.39. The molecule has 1 aromatic heterocycles. The minimum atomic E-state index is -0.0513. The molecule has 0 atom stereocenters. The highest BCUT2D eigenvalue weighted by Gasteiger charge is 2.04. The molecule has 0 aliphatic rings. The Morgan fingerprint density at radius 2 is 2.50 bits per heavy atom. The molecule has 66 valence electrons. The molecule has 3 N–H and O–H groups in total. The number of hydrazine groups is 1. The van der Waals surface area contributed by atoms with Crippen molar-refractivity contribution in [3.8, 4) is 0 Å². The number of carbonyl (C=O) groups excluding carboxylic acids is 1. The molecule has 0 saturated carbocycles. The second kappa shape index (κ2) is 3.92. The van der Waals surface area contributed by atoms with Crippen LogP contribution in [0.3, 0.4) is 0 Å². The molecule has 0 saturated heterocycles. The first kappa shape index (κ1) is 8.80. The summed E-state index contributed by atoms with van der Waals surface area (Å²) in [4.78, 5) is 14.0. The zero-order valence-corrected chi connectivity index (χ0v) is 7.08. The van der Waals surface area contributed by atoms with Crippen molar-refractivity contribution >= 4 is 5.91 Å². The van der Waals surface area contributed by atoms with Crippen LogP contribution < -0.4 is 5.84 Å². The largest absolute Gasteiger partial charge is 0.365 e. The highest BCUT2D eigenvalue weighted by molar-refractivity contribution is 5.75. The number of aromatic amines is 1. The fraction of sp³-hybridized carbons (Fsp3) is 0.375. The summed E-state index contributed by atoms with van der Waals surface area (Å²) < 4.78 is 0. The molecular weight excluding hydrogens is 154 g/mol. The van der Waals surface area contributed by atoms with Gasteiger partial charge in [0.25, 0.3) is 0 Å². The molecule has 4 nitrogen and oxygen atoms in total. The quantitative estimate of drug-likeness (QED) is 0.386. The van der Waals surface area contributed by atoms with E-state index < -0.39 is 0 Å². The van der Waals surface area contributed by atoms with Gasteiger partial charge in [0.15, 0.2) is 0 Å². The van der Waals surface area contributed by atoms with Crippen LogP contribution in [0.4, 0.5) is 0 Å². The van der Waals surface area contributed by atoms with Gasteiger partial charge in [0.2, 0.25) is 5.91 Å². The lowest BCUT2D eigenvalue weighted by atomic mass is 10.2. The summed E-state index contributed by atoms with van der Waals surface area (Å²) in [6.45, 7) is 0. The number of H-pyrrole nitrogens is 1. The highest BCUT2D eigenvalue weighted by Crippen LogP contribution is 1.99. The van der Waals surface area contributed by atoms with E-state index in [1.807, 2.05) is 18.3 Å². The van der Waals surface area contributed by atoms with Crippen molar-refractivity contribution in [2.45, 2.75) is 12.8 Å². The molecule has 1 rings (SSSR count). The molecule has 12 heavy (non-hydrogen) atoms. The molecule has 1 aromatic rings. The Hall–Kier alpha value is -1.29.